The van der Waals surface area contributed by atoms with Crippen molar-refractivity contribution >= 4 is 131 Å². The van der Waals surface area contributed by atoms with Crippen LogP contribution in [0, 0.1) is 0 Å². The first-order valence-corrected chi connectivity index (χ1v) is 35.1. The van der Waals surface area contributed by atoms with Gasteiger partial charge in [0.15, 0.2) is 11.2 Å². The highest BCUT2D eigenvalue weighted by Gasteiger charge is 2.24. The third-order valence-electron chi connectivity index (χ3n) is 19.9. The van der Waals surface area contributed by atoms with Gasteiger partial charge < -0.3 is 23.1 Å². The lowest BCUT2D eigenvalue weighted by atomic mass is 9.92. The summed E-state index contributed by atoms with van der Waals surface area (Å²) in [5.41, 5.74) is 23.7. The topological polar surface area (TPSA) is 71.7 Å². The van der Waals surface area contributed by atoms with Crippen molar-refractivity contribution in [2.45, 2.75) is 0 Å². The van der Waals surface area contributed by atoms with Crippen LogP contribution < -0.4 is 9.80 Å². The molecule has 0 saturated heterocycles. The highest BCUT2D eigenvalue weighted by atomic mass is 32.1. The Kier molecular flexibility index (Phi) is 14.0. The summed E-state index contributed by atoms with van der Waals surface area (Å²) in [7, 11) is 0. The summed E-state index contributed by atoms with van der Waals surface area (Å²) in [6.07, 6.45) is 0. The fourth-order valence-corrected chi connectivity index (χ4v) is 16.2. The first-order chi connectivity index (χ1) is 50.5. The molecule has 7 nitrogen and oxygen atoms in total. The van der Waals surface area contributed by atoms with Gasteiger partial charge >= 0.3 is 0 Å². The van der Waals surface area contributed by atoms with Gasteiger partial charge in [0, 0.05) is 93.0 Å². The predicted molar refractivity (Wildman–Crippen MR) is 424 cm³/mol. The normalized spacial score (nSPS) is 11.7. The molecule has 0 unspecified atom stereocenters. The molecule has 0 bridgehead atoms. The van der Waals surface area contributed by atoms with Crippen molar-refractivity contribution < 1.29 is 13.3 Å². The minimum Gasteiger partial charge on any atom is -0.456 e. The third kappa shape index (κ3) is 10.2. The molecule has 0 radical (unpaired) electrons. The van der Waals surface area contributed by atoms with E-state index in [0.717, 1.165) is 167 Å². The molecule has 0 fully saturated rings. The van der Waals surface area contributed by atoms with Crippen molar-refractivity contribution in [3.63, 3.8) is 0 Å². The van der Waals surface area contributed by atoms with Gasteiger partial charge in [-0.25, -0.2) is 9.97 Å². The van der Waals surface area contributed by atoms with E-state index in [1.54, 1.807) is 0 Å². The second kappa shape index (κ2) is 24.2. The van der Waals surface area contributed by atoms with Gasteiger partial charge in [-0.05, 0) is 188 Å². The summed E-state index contributed by atoms with van der Waals surface area (Å²) < 4.78 is 22.5. The molecule has 0 aliphatic heterocycles. The fraction of sp³-hybridized carbons (Fsp3) is 0. The molecule has 478 valence electrons. The minimum atomic E-state index is 0.550. The van der Waals surface area contributed by atoms with Gasteiger partial charge in [0.1, 0.15) is 22.2 Å². The van der Waals surface area contributed by atoms with Crippen LogP contribution in [0.1, 0.15) is 0 Å². The average Bonchev–Trinajstić information content (AvgIpc) is 1.48. The number of nitrogens with zero attached hydrogens (tertiary/aromatic N) is 4. The van der Waals surface area contributed by atoms with Crippen LogP contribution in [0.3, 0.4) is 0 Å². The van der Waals surface area contributed by atoms with Crippen molar-refractivity contribution in [1.29, 1.82) is 0 Å². The smallest absolute Gasteiger partial charge is 0.227 e. The van der Waals surface area contributed by atoms with Gasteiger partial charge in [0.25, 0.3) is 0 Å². The summed E-state index contributed by atoms with van der Waals surface area (Å²) in [5.74, 6) is 1.16. The number of benzene rings is 16. The highest BCUT2D eigenvalue weighted by Crippen LogP contribution is 2.48. The molecular formula is C94H58N4O3S. The summed E-state index contributed by atoms with van der Waals surface area (Å²) >= 11 is 1.83. The third-order valence-corrected chi connectivity index (χ3v) is 21.0. The van der Waals surface area contributed by atoms with E-state index in [9.17, 15) is 0 Å². The molecule has 0 aliphatic rings. The van der Waals surface area contributed by atoms with Crippen molar-refractivity contribution in [2.24, 2.45) is 0 Å². The van der Waals surface area contributed by atoms with E-state index in [-0.39, 0.29) is 0 Å². The second-order valence-electron chi connectivity index (χ2n) is 26.0. The molecule has 0 saturated carbocycles. The number of oxazole rings is 2. The Morgan fingerprint density at radius 1 is 0.225 bits per heavy atom. The Morgan fingerprint density at radius 2 is 0.725 bits per heavy atom. The Morgan fingerprint density at radius 3 is 1.47 bits per heavy atom. The van der Waals surface area contributed by atoms with Gasteiger partial charge in [-0.15, -0.1) is 11.3 Å². The zero-order valence-electron chi connectivity index (χ0n) is 54.9. The van der Waals surface area contributed by atoms with E-state index in [4.69, 9.17) is 23.2 Å². The number of para-hydroxylation sites is 1. The number of hydrogen-bond donors (Lipinski definition) is 0. The summed E-state index contributed by atoms with van der Waals surface area (Å²) in [4.78, 5) is 15.1. The van der Waals surface area contributed by atoms with Crippen LogP contribution in [0.4, 0.5) is 34.1 Å². The van der Waals surface area contributed by atoms with Gasteiger partial charge in [-0.1, -0.05) is 224 Å². The monoisotopic (exact) mass is 1320 g/mol. The van der Waals surface area contributed by atoms with E-state index >= 15 is 0 Å². The molecule has 8 heteroatoms. The molecule has 4 aromatic heterocycles. The van der Waals surface area contributed by atoms with Gasteiger partial charge in [0.2, 0.25) is 11.8 Å². The van der Waals surface area contributed by atoms with Crippen LogP contribution in [0.2, 0.25) is 0 Å². The Bertz CT molecular complexity index is 6630. The Hall–Kier alpha value is -13.4. The number of hydrogen-bond acceptors (Lipinski definition) is 8. The SMILES string of the molecule is c1ccc(-c2cccc(N(c3ccc(-c4cc5nc(-c6cccc(-c7ccc(N(c8ccc(-c9cc%10oc(-c%11ccccc%11)nc%10c%10ccccc9%10)cc8)c8ccc9c(c8)sc8ccccc89)cc7-c7ccccc7)c6)oc5c5ccccc45)cc3)c3ccc4c(c3)oc3ccccc34)c2)cc1. The first-order valence-electron chi connectivity index (χ1n) is 34.3. The lowest BCUT2D eigenvalue weighted by Crippen LogP contribution is -2.10. The van der Waals surface area contributed by atoms with E-state index in [1.807, 2.05) is 53.8 Å². The number of anilines is 6. The number of aromatic nitrogens is 2. The number of fused-ring (bicyclic) bond motifs is 12. The summed E-state index contributed by atoms with van der Waals surface area (Å²) in [6, 6.07) is 125. The quantitative estimate of drug-likeness (QED) is 0.114. The van der Waals surface area contributed by atoms with Crippen molar-refractivity contribution in [2.75, 3.05) is 9.80 Å². The largest absolute Gasteiger partial charge is 0.456 e. The fourth-order valence-electron chi connectivity index (χ4n) is 15.1. The Balaban J connectivity index is 0.666. The maximum absolute atomic E-state index is 6.96. The highest BCUT2D eigenvalue weighted by molar-refractivity contribution is 7.25. The lowest BCUT2D eigenvalue weighted by molar-refractivity contribution is 0.620. The molecule has 0 atom stereocenters. The molecule has 4 heterocycles. The molecule has 16 aromatic carbocycles. The maximum Gasteiger partial charge on any atom is 0.227 e. The van der Waals surface area contributed by atoms with Gasteiger partial charge in [-0.2, -0.15) is 0 Å². The van der Waals surface area contributed by atoms with Crippen LogP contribution in [0.5, 0.6) is 0 Å². The minimum absolute atomic E-state index is 0.550. The first kappa shape index (κ1) is 58.7. The summed E-state index contributed by atoms with van der Waals surface area (Å²) in [5, 5.41) is 8.94. The molecule has 0 aliphatic carbocycles. The zero-order valence-corrected chi connectivity index (χ0v) is 55.7. The molecule has 102 heavy (non-hydrogen) atoms. The second-order valence-corrected chi connectivity index (χ2v) is 27.0. The van der Waals surface area contributed by atoms with Gasteiger partial charge in [-0.3, -0.25) is 0 Å². The summed E-state index contributed by atoms with van der Waals surface area (Å²) in [6.45, 7) is 0. The van der Waals surface area contributed by atoms with Crippen LogP contribution in [0.25, 0.3) is 164 Å². The standard InChI is InChI=1S/C94H58N4O3S/c1-4-20-59(21-5-1)64-26-19-29-69(53-64)97(71-47-50-77-76-32-14-16-36-86(76)99-87(77)55-71)67-42-38-61(39-43-67)83-57-85-92(81-35-13-11-31-75(81)83)101-94(95-85)66-28-18-27-65(52-66)73-49-46-70(54-82(73)60-22-6-2-7-23-60)98(72-48-51-79-78-33-15-17-37-89(78)102-90(79)56-72)68-44-40-62(41-45-68)84-58-88-91(80-34-12-10-30-74(80)84)96-93(100-88)63-24-8-3-9-25-63/h1-58H. The van der Waals surface area contributed by atoms with Crippen LogP contribution >= 0.6 is 11.3 Å². The van der Waals surface area contributed by atoms with E-state index in [2.05, 4.69) is 319 Å². The lowest BCUT2D eigenvalue weighted by Gasteiger charge is -2.27. The van der Waals surface area contributed by atoms with E-state index in [0.29, 0.717) is 11.8 Å². The molecule has 20 aromatic rings. The molecule has 0 N–H and O–H groups in total. The number of rotatable bonds is 13. The van der Waals surface area contributed by atoms with Crippen molar-refractivity contribution in [3.05, 3.63) is 352 Å². The van der Waals surface area contributed by atoms with Crippen LogP contribution in [0.15, 0.2) is 365 Å². The molecule has 0 spiro atoms. The predicted octanol–water partition coefficient (Wildman–Crippen LogP) is 27.2. The molecular weight excluding hydrogens is 1270 g/mol. The number of furan rings is 1. The number of thiophene rings is 1. The van der Waals surface area contributed by atoms with Crippen molar-refractivity contribution in [3.8, 4) is 78.5 Å². The van der Waals surface area contributed by atoms with Crippen LogP contribution in [-0.2, 0) is 0 Å². The van der Waals surface area contributed by atoms with Gasteiger partial charge in [0.05, 0.1) is 0 Å². The van der Waals surface area contributed by atoms with E-state index < -0.39 is 0 Å². The average molecular weight is 1320 g/mol. The van der Waals surface area contributed by atoms with Crippen LogP contribution in [-0.4, -0.2) is 9.97 Å². The zero-order chi connectivity index (χ0) is 67.2. The van der Waals surface area contributed by atoms with E-state index in [1.165, 1.54) is 20.2 Å². The maximum atomic E-state index is 6.96. The Labute approximate surface area is 590 Å². The molecule has 20 rings (SSSR count). The molecule has 0 amide bonds. The van der Waals surface area contributed by atoms with Crippen molar-refractivity contribution in [1.82, 2.24) is 9.97 Å².